The maximum absolute atomic E-state index is 11.2. The number of carbonyl (C=O) groups excluding carboxylic acids is 1. The van der Waals surface area contributed by atoms with Crippen LogP contribution in [0.2, 0.25) is 0 Å². The number of carboxylic acids is 1. The number of benzene rings is 1. The Morgan fingerprint density at radius 1 is 1.44 bits per heavy atom. The Morgan fingerprint density at radius 2 is 2.12 bits per heavy atom. The van der Waals surface area contributed by atoms with Gasteiger partial charge in [0.1, 0.15) is 11.3 Å². The van der Waals surface area contributed by atoms with Crippen LogP contribution in [-0.4, -0.2) is 17.0 Å². The van der Waals surface area contributed by atoms with Gasteiger partial charge in [-0.3, -0.25) is 4.79 Å². The van der Waals surface area contributed by atoms with Gasteiger partial charge in [0.05, 0.1) is 0 Å². The summed E-state index contributed by atoms with van der Waals surface area (Å²) in [6.07, 6.45) is 0.902. The average Bonchev–Trinajstić information content (AvgIpc) is 2.20. The summed E-state index contributed by atoms with van der Waals surface area (Å²) in [7, 11) is 0. The molecule has 5 nitrogen and oxygen atoms in total. The summed E-state index contributed by atoms with van der Waals surface area (Å²) in [6, 6.07) is 4.13. The number of nitrogens with two attached hydrogens (primary N) is 1. The van der Waals surface area contributed by atoms with Gasteiger partial charge in [-0.05, 0) is 24.6 Å². The molecule has 0 bridgehead atoms. The van der Waals surface area contributed by atoms with E-state index in [4.69, 9.17) is 15.6 Å². The van der Waals surface area contributed by atoms with E-state index in [0.717, 1.165) is 0 Å². The molecule has 0 aliphatic heterocycles. The van der Waals surface area contributed by atoms with Crippen LogP contribution in [0.5, 0.6) is 5.75 Å². The molecule has 0 spiro atoms. The highest BCUT2D eigenvalue weighted by molar-refractivity contribution is 5.93. The molecule has 0 saturated carbocycles. The van der Waals surface area contributed by atoms with Gasteiger partial charge in [0, 0.05) is 12.1 Å². The number of esters is 1. The number of rotatable bonds is 4. The second-order valence-corrected chi connectivity index (χ2v) is 3.28. The van der Waals surface area contributed by atoms with Crippen molar-refractivity contribution >= 4 is 17.6 Å². The molecule has 0 saturated heterocycles. The van der Waals surface area contributed by atoms with Crippen molar-refractivity contribution in [3.05, 3.63) is 23.8 Å². The van der Waals surface area contributed by atoms with Crippen LogP contribution in [0.1, 0.15) is 30.1 Å². The van der Waals surface area contributed by atoms with Crippen molar-refractivity contribution in [2.24, 2.45) is 0 Å². The first-order chi connectivity index (χ1) is 7.54. The molecule has 0 aliphatic carbocycles. The van der Waals surface area contributed by atoms with E-state index in [0.29, 0.717) is 12.1 Å². The molecule has 0 amide bonds. The van der Waals surface area contributed by atoms with E-state index >= 15 is 0 Å². The number of nitrogen functional groups attached to an aromatic ring is 1. The zero-order valence-electron chi connectivity index (χ0n) is 8.90. The van der Waals surface area contributed by atoms with Crippen molar-refractivity contribution in [3.8, 4) is 5.75 Å². The lowest BCUT2D eigenvalue weighted by molar-refractivity contribution is -0.134. The molecule has 0 radical (unpaired) electrons. The van der Waals surface area contributed by atoms with Crippen LogP contribution in [0.3, 0.4) is 0 Å². The normalized spacial score (nSPS) is 9.81. The zero-order valence-corrected chi connectivity index (χ0v) is 8.90. The molecule has 0 aliphatic rings. The SMILES string of the molecule is CCCC(=O)Oc1ccc(N)cc1C(=O)O. The second kappa shape index (κ2) is 5.16. The predicted octanol–water partition coefficient (Wildman–Crippen LogP) is 1.67. The fraction of sp³-hybridized carbons (Fsp3) is 0.273. The molecule has 0 atom stereocenters. The van der Waals surface area contributed by atoms with Crippen molar-refractivity contribution in [2.45, 2.75) is 19.8 Å². The molecular formula is C11H13NO4. The third-order valence-electron chi connectivity index (χ3n) is 1.91. The summed E-state index contributed by atoms with van der Waals surface area (Å²) >= 11 is 0. The quantitative estimate of drug-likeness (QED) is 0.460. The van der Waals surface area contributed by atoms with Crippen LogP contribution in [0, 0.1) is 0 Å². The van der Waals surface area contributed by atoms with Crippen LogP contribution in [0.4, 0.5) is 5.69 Å². The van der Waals surface area contributed by atoms with Crippen LogP contribution in [0.15, 0.2) is 18.2 Å². The van der Waals surface area contributed by atoms with Crippen molar-refractivity contribution in [1.29, 1.82) is 0 Å². The Morgan fingerprint density at radius 3 is 2.69 bits per heavy atom. The van der Waals surface area contributed by atoms with Gasteiger partial charge in [-0.15, -0.1) is 0 Å². The van der Waals surface area contributed by atoms with E-state index < -0.39 is 11.9 Å². The summed E-state index contributed by atoms with van der Waals surface area (Å²) in [6.45, 7) is 1.84. The minimum atomic E-state index is -1.17. The van der Waals surface area contributed by atoms with Gasteiger partial charge in [-0.25, -0.2) is 4.79 Å². The fourth-order valence-electron chi connectivity index (χ4n) is 1.18. The Balaban J connectivity index is 2.95. The lowest BCUT2D eigenvalue weighted by Gasteiger charge is -2.07. The number of hydrogen-bond donors (Lipinski definition) is 2. The summed E-state index contributed by atoms with van der Waals surface area (Å²) in [4.78, 5) is 22.1. The minimum Gasteiger partial charge on any atom is -0.478 e. The third-order valence-corrected chi connectivity index (χ3v) is 1.91. The van der Waals surface area contributed by atoms with E-state index in [1.807, 2.05) is 6.92 Å². The highest BCUT2D eigenvalue weighted by Gasteiger charge is 2.14. The Bertz CT molecular complexity index is 414. The molecule has 0 aromatic heterocycles. The largest absolute Gasteiger partial charge is 0.478 e. The van der Waals surface area contributed by atoms with E-state index in [1.165, 1.54) is 18.2 Å². The predicted molar refractivity (Wildman–Crippen MR) is 58.4 cm³/mol. The van der Waals surface area contributed by atoms with Gasteiger partial charge in [0.25, 0.3) is 0 Å². The van der Waals surface area contributed by atoms with Gasteiger partial charge >= 0.3 is 11.9 Å². The molecule has 0 unspecified atom stereocenters. The van der Waals surface area contributed by atoms with Crippen molar-refractivity contribution in [2.75, 3.05) is 5.73 Å². The Labute approximate surface area is 92.8 Å². The first-order valence-corrected chi connectivity index (χ1v) is 4.88. The van der Waals surface area contributed by atoms with Crippen LogP contribution in [0.25, 0.3) is 0 Å². The highest BCUT2D eigenvalue weighted by atomic mass is 16.5. The molecule has 3 N–H and O–H groups in total. The van der Waals surface area contributed by atoms with Crippen molar-refractivity contribution in [1.82, 2.24) is 0 Å². The number of carbonyl (C=O) groups is 2. The van der Waals surface area contributed by atoms with Crippen LogP contribution < -0.4 is 10.5 Å². The van der Waals surface area contributed by atoms with E-state index in [1.54, 1.807) is 0 Å². The number of hydrogen-bond acceptors (Lipinski definition) is 4. The maximum Gasteiger partial charge on any atom is 0.339 e. The summed E-state index contributed by atoms with van der Waals surface area (Å²) < 4.78 is 4.93. The molecule has 0 fully saturated rings. The summed E-state index contributed by atoms with van der Waals surface area (Å²) in [5.41, 5.74) is 5.66. The van der Waals surface area contributed by atoms with Gasteiger partial charge in [-0.2, -0.15) is 0 Å². The monoisotopic (exact) mass is 223 g/mol. The summed E-state index contributed by atoms with van der Waals surface area (Å²) in [5, 5.41) is 8.89. The van der Waals surface area contributed by atoms with Crippen LogP contribution in [-0.2, 0) is 4.79 Å². The number of carboxylic acid groups (broad SMARTS) is 1. The maximum atomic E-state index is 11.2. The second-order valence-electron chi connectivity index (χ2n) is 3.28. The summed E-state index contributed by atoms with van der Waals surface area (Å²) in [5.74, 6) is -1.60. The first-order valence-electron chi connectivity index (χ1n) is 4.88. The van der Waals surface area contributed by atoms with Crippen LogP contribution >= 0.6 is 0 Å². The van der Waals surface area contributed by atoms with Crippen molar-refractivity contribution < 1.29 is 19.4 Å². The van der Waals surface area contributed by atoms with E-state index in [-0.39, 0.29) is 17.7 Å². The molecule has 0 heterocycles. The number of anilines is 1. The fourth-order valence-corrected chi connectivity index (χ4v) is 1.18. The lowest BCUT2D eigenvalue weighted by atomic mass is 10.2. The molecular weight excluding hydrogens is 210 g/mol. The smallest absolute Gasteiger partial charge is 0.339 e. The average molecular weight is 223 g/mol. The van der Waals surface area contributed by atoms with Gasteiger partial charge in [0.2, 0.25) is 0 Å². The Kier molecular flexibility index (Phi) is 3.88. The van der Waals surface area contributed by atoms with E-state index in [9.17, 15) is 9.59 Å². The molecule has 16 heavy (non-hydrogen) atoms. The van der Waals surface area contributed by atoms with Gasteiger partial charge in [-0.1, -0.05) is 6.92 Å². The lowest BCUT2D eigenvalue weighted by Crippen LogP contribution is -2.10. The van der Waals surface area contributed by atoms with E-state index in [2.05, 4.69) is 0 Å². The number of ether oxygens (including phenoxy) is 1. The first kappa shape index (κ1) is 12.0. The van der Waals surface area contributed by atoms with Crippen molar-refractivity contribution in [3.63, 3.8) is 0 Å². The zero-order chi connectivity index (χ0) is 12.1. The topological polar surface area (TPSA) is 89.6 Å². The van der Waals surface area contributed by atoms with Gasteiger partial charge in [0.15, 0.2) is 0 Å². The highest BCUT2D eigenvalue weighted by Crippen LogP contribution is 2.21. The van der Waals surface area contributed by atoms with Gasteiger partial charge < -0.3 is 15.6 Å². The minimum absolute atomic E-state index is 0.0279. The number of aromatic carboxylic acids is 1. The molecule has 1 aromatic carbocycles. The molecule has 1 aromatic rings. The Hall–Kier alpha value is -2.04. The standard InChI is InChI=1S/C11H13NO4/c1-2-3-10(13)16-9-5-4-7(12)6-8(9)11(14)15/h4-6H,2-3,12H2,1H3,(H,14,15). The third kappa shape index (κ3) is 2.98. The molecule has 5 heteroatoms. The molecule has 86 valence electrons. The molecule has 1 rings (SSSR count).